The molecule has 0 radical (unpaired) electrons. The van der Waals surface area contributed by atoms with Crippen LogP contribution in [-0.4, -0.2) is 15.8 Å². The van der Waals surface area contributed by atoms with Crippen molar-refractivity contribution in [2.75, 3.05) is 0 Å². The van der Waals surface area contributed by atoms with Crippen LogP contribution < -0.4 is 0 Å². The van der Waals surface area contributed by atoms with Crippen LogP contribution in [0.4, 0.5) is 5.69 Å². The first-order valence-electron chi connectivity index (χ1n) is 6.18. The maximum absolute atomic E-state index is 12.4. The number of benzene rings is 2. The predicted molar refractivity (Wildman–Crippen MR) is 79.4 cm³/mol. The molecule has 0 unspecified atom stereocenters. The van der Waals surface area contributed by atoms with Crippen molar-refractivity contribution in [3.63, 3.8) is 0 Å². The van der Waals surface area contributed by atoms with Gasteiger partial charge in [-0.1, -0.05) is 17.7 Å². The Kier molecular flexibility index (Phi) is 3.30. The van der Waals surface area contributed by atoms with Gasteiger partial charge in [-0.25, -0.2) is 0 Å². The number of nitro benzene ring substituents is 1. The van der Waals surface area contributed by atoms with E-state index in [1.807, 2.05) is 0 Å². The highest BCUT2D eigenvalue weighted by Gasteiger charge is 2.26. The fraction of sp³-hybridized carbons (Fsp3) is 0. The number of para-hydroxylation sites is 1. The number of nitro groups is 1. The fourth-order valence-corrected chi connectivity index (χ4v) is 2.25. The summed E-state index contributed by atoms with van der Waals surface area (Å²) in [6, 6.07) is 10.1. The van der Waals surface area contributed by atoms with Crippen molar-refractivity contribution in [3.05, 3.63) is 68.9 Å². The van der Waals surface area contributed by atoms with E-state index in [1.165, 1.54) is 42.5 Å². The van der Waals surface area contributed by atoms with E-state index in [4.69, 9.17) is 16.0 Å². The Morgan fingerprint density at radius 3 is 2.50 bits per heavy atom. The van der Waals surface area contributed by atoms with Crippen LogP contribution in [0.3, 0.4) is 0 Å². The molecule has 3 aromatic rings. The molecule has 6 nitrogen and oxygen atoms in total. The molecule has 1 N–H and O–H groups in total. The Morgan fingerprint density at radius 1 is 1.18 bits per heavy atom. The topological polar surface area (TPSA) is 93.6 Å². The monoisotopic (exact) mass is 317 g/mol. The molecule has 0 saturated heterocycles. The SMILES string of the molecule is O=C(c1ccc(Cl)cc1)c1oc2c([N+](=O)[O-])cccc2c1O. The van der Waals surface area contributed by atoms with Gasteiger partial charge in [0.15, 0.2) is 5.75 Å². The lowest BCUT2D eigenvalue weighted by molar-refractivity contribution is -0.383. The lowest BCUT2D eigenvalue weighted by Crippen LogP contribution is -1.99. The van der Waals surface area contributed by atoms with Crippen LogP contribution >= 0.6 is 11.6 Å². The van der Waals surface area contributed by atoms with Gasteiger partial charge in [0.05, 0.1) is 10.3 Å². The van der Waals surface area contributed by atoms with Gasteiger partial charge in [-0.05, 0) is 30.3 Å². The molecular weight excluding hydrogens is 310 g/mol. The highest BCUT2D eigenvalue weighted by molar-refractivity contribution is 6.30. The average Bonchev–Trinajstić information content (AvgIpc) is 2.84. The average molecular weight is 318 g/mol. The summed E-state index contributed by atoms with van der Waals surface area (Å²) in [7, 11) is 0. The quantitative estimate of drug-likeness (QED) is 0.448. The van der Waals surface area contributed by atoms with Crippen molar-refractivity contribution in [2.24, 2.45) is 0 Å². The third kappa shape index (κ3) is 2.19. The zero-order valence-electron chi connectivity index (χ0n) is 10.9. The minimum absolute atomic E-state index is 0.117. The van der Waals surface area contributed by atoms with Gasteiger partial charge in [0.2, 0.25) is 17.1 Å². The normalized spacial score (nSPS) is 10.8. The first kappa shape index (κ1) is 14.1. The molecule has 0 aliphatic rings. The molecule has 7 heteroatoms. The number of aromatic hydroxyl groups is 1. The molecule has 0 fully saturated rings. The summed E-state index contributed by atoms with van der Waals surface area (Å²) in [5, 5.41) is 21.7. The minimum Gasteiger partial charge on any atom is -0.504 e. The molecule has 0 amide bonds. The Labute approximate surface area is 128 Å². The van der Waals surface area contributed by atoms with E-state index < -0.39 is 16.5 Å². The molecule has 22 heavy (non-hydrogen) atoms. The number of non-ortho nitro benzene ring substituents is 1. The van der Waals surface area contributed by atoms with E-state index in [9.17, 15) is 20.0 Å². The van der Waals surface area contributed by atoms with Gasteiger partial charge in [-0.15, -0.1) is 0 Å². The number of nitrogens with zero attached hydrogens (tertiary/aromatic N) is 1. The van der Waals surface area contributed by atoms with Crippen LogP contribution in [0.1, 0.15) is 16.1 Å². The maximum atomic E-state index is 12.4. The van der Waals surface area contributed by atoms with Gasteiger partial charge in [0.25, 0.3) is 0 Å². The standard InChI is InChI=1S/C15H8ClNO5/c16-9-6-4-8(5-7-9)12(18)15-13(19)10-2-1-3-11(17(20)21)14(10)22-15/h1-7,19H. The van der Waals surface area contributed by atoms with Crippen molar-refractivity contribution in [1.82, 2.24) is 0 Å². The summed E-state index contributed by atoms with van der Waals surface area (Å²) < 4.78 is 5.26. The van der Waals surface area contributed by atoms with Crippen LogP contribution in [0.15, 0.2) is 46.9 Å². The zero-order valence-corrected chi connectivity index (χ0v) is 11.7. The largest absolute Gasteiger partial charge is 0.504 e. The summed E-state index contributed by atoms with van der Waals surface area (Å²) >= 11 is 5.75. The van der Waals surface area contributed by atoms with Crippen LogP contribution in [0, 0.1) is 10.1 Å². The number of carbonyl (C=O) groups is 1. The number of ketones is 1. The Hall–Kier alpha value is -2.86. The molecule has 1 heterocycles. The second kappa shape index (κ2) is 5.16. The maximum Gasteiger partial charge on any atom is 0.312 e. The highest BCUT2D eigenvalue weighted by Crippen LogP contribution is 2.37. The smallest absolute Gasteiger partial charge is 0.312 e. The Morgan fingerprint density at radius 2 is 1.86 bits per heavy atom. The van der Waals surface area contributed by atoms with E-state index in [0.29, 0.717) is 5.02 Å². The molecule has 3 rings (SSSR count). The molecule has 2 aromatic carbocycles. The first-order chi connectivity index (χ1) is 10.5. The summed E-state index contributed by atoms with van der Waals surface area (Å²) in [5.74, 6) is -1.34. The van der Waals surface area contributed by atoms with Crippen LogP contribution in [0.2, 0.25) is 5.02 Å². The number of rotatable bonds is 3. The molecule has 0 bridgehead atoms. The van der Waals surface area contributed by atoms with Crippen molar-refractivity contribution in [1.29, 1.82) is 0 Å². The molecule has 0 aliphatic heterocycles. The van der Waals surface area contributed by atoms with Crippen LogP contribution in [0.5, 0.6) is 5.75 Å². The molecule has 110 valence electrons. The summed E-state index contributed by atoms with van der Waals surface area (Å²) in [4.78, 5) is 22.7. The fourth-order valence-electron chi connectivity index (χ4n) is 2.12. The highest BCUT2D eigenvalue weighted by atomic mass is 35.5. The number of halogens is 1. The number of fused-ring (bicyclic) bond motifs is 1. The van der Waals surface area contributed by atoms with E-state index in [0.717, 1.165) is 0 Å². The molecule has 1 aromatic heterocycles. The third-order valence-electron chi connectivity index (χ3n) is 3.18. The van der Waals surface area contributed by atoms with Gasteiger partial charge in [0.1, 0.15) is 0 Å². The van der Waals surface area contributed by atoms with E-state index >= 15 is 0 Å². The summed E-state index contributed by atoms with van der Waals surface area (Å²) in [6.45, 7) is 0. The van der Waals surface area contributed by atoms with Crippen molar-refractivity contribution in [2.45, 2.75) is 0 Å². The number of hydrogen-bond acceptors (Lipinski definition) is 5. The van der Waals surface area contributed by atoms with Gasteiger partial charge in [-0.2, -0.15) is 0 Å². The lowest BCUT2D eigenvalue weighted by Gasteiger charge is -1.98. The number of furan rings is 1. The second-order valence-electron chi connectivity index (χ2n) is 4.53. The Bertz CT molecular complexity index is 898. The molecular formula is C15H8ClNO5. The third-order valence-corrected chi connectivity index (χ3v) is 3.43. The van der Waals surface area contributed by atoms with Crippen molar-refractivity contribution >= 4 is 34.0 Å². The van der Waals surface area contributed by atoms with Crippen molar-refractivity contribution < 1.29 is 19.2 Å². The molecule has 0 spiro atoms. The Balaban J connectivity index is 2.17. The molecule has 0 atom stereocenters. The van der Waals surface area contributed by atoms with Crippen molar-refractivity contribution in [3.8, 4) is 5.75 Å². The zero-order chi connectivity index (χ0) is 15.9. The lowest BCUT2D eigenvalue weighted by atomic mass is 10.1. The summed E-state index contributed by atoms with van der Waals surface area (Å²) in [6.07, 6.45) is 0. The van der Waals surface area contributed by atoms with E-state index in [1.54, 1.807) is 0 Å². The van der Waals surface area contributed by atoms with E-state index in [2.05, 4.69) is 0 Å². The second-order valence-corrected chi connectivity index (χ2v) is 4.96. The minimum atomic E-state index is -0.637. The number of carbonyl (C=O) groups excluding carboxylic acids is 1. The molecule has 0 saturated carbocycles. The summed E-state index contributed by atoms with van der Waals surface area (Å²) in [5.41, 5.74) is -0.202. The molecule has 0 aliphatic carbocycles. The van der Waals surface area contributed by atoms with Gasteiger partial charge < -0.3 is 9.52 Å². The number of hydrogen-bond donors (Lipinski definition) is 1. The first-order valence-corrected chi connectivity index (χ1v) is 6.56. The van der Waals surface area contributed by atoms with E-state index in [-0.39, 0.29) is 28.0 Å². The van der Waals surface area contributed by atoms with Crippen LogP contribution in [-0.2, 0) is 0 Å². The van der Waals surface area contributed by atoms with Gasteiger partial charge in [-0.3, -0.25) is 14.9 Å². The van der Waals surface area contributed by atoms with Gasteiger partial charge >= 0.3 is 5.69 Å². The van der Waals surface area contributed by atoms with Crippen LogP contribution in [0.25, 0.3) is 11.0 Å². The van der Waals surface area contributed by atoms with Gasteiger partial charge in [0, 0.05) is 16.7 Å². The predicted octanol–water partition coefficient (Wildman–Crippen LogP) is 3.93.